The third-order valence-electron chi connectivity index (χ3n) is 0. The molecule has 0 aromatic carbocycles. The van der Waals surface area contributed by atoms with Gasteiger partial charge in [0.15, 0.2) is 0 Å². The summed E-state index contributed by atoms with van der Waals surface area (Å²) in [6.45, 7) is 0. The van der Waals surface area contributed by atoms with Crippen LogP contribution in [0.15, 0.2) is 0 Å². The van der Waals surface area contributed by atoms with Gasteiger partial charge in [-0.05, 0) is 0 Å². The second-order valence-corrected chi connectivity index (χ2v) is 0. The summed E-state index contributed by atoms with van der Waals surface area (Å²) >= 11 is 0. The first kappa shape index (κ1) is 107. The average molecular weight is 1210 g/mol. The van der Waals surface area contributed by atoms with Gasteiger partial charge in [-0.15, -0.1) is 0 Å². The van der Waals surface area contributed by atoms with E-state index in [0.29, 0.717) is 0 Å². The van der Waals surface area contributed by atoms with Crippen molar-refractivity contribution in [3.05, 3.63) is 7.43 Å². The van der Waals surface area contributed by atoms with Gasteiger partial charge in [0.05, 0.1) is 0 Å². The van der Waals surface area contributed by atoms with Gasteiger partial charge in [-0.25, -0.2) is 0 Å². The Morgan fingerprint density at radius 2 is 0.286 bits per heavy atom. The summed E-state index contributed by atoms with van der Waals surface area (Å²) in [7, 11) is 0. The zero-order valence-corrected chi connectivity index (χ0v) is 43.6. The van der Waals surface area contributed by atoms with Crippen LogP contribution in [0.25, 0.3) is 0 Å². The summed E-state index contributed by atoms with van der Waals surface area (Å²) in [4.78, 5) is 0. The Labute approximate surface area is 388 Å². The maximum atomic E-state index is 0. The molecule has 0 aromatic rings. The van der Waals surface area contributed by atoms with E-state index in [4.69, 9.17) is 0 Å². The van der Waals surface area contributed by atoms with Crippen LogP contribution in [0.1, 0.15) is 0 Å². The first-order chi connectivity index (χ1) is 0. The molecule has 0 N–H and O–H groups in total. The minimum absolute atomic E-state index is 0. The van der Waals surface area contributed by atoms with Gasteiger partial charge in [0.25, 0.3) is 0 Å². The normalized spacial score (nSPS) is 0. The van der Waals surface area contributed by atoms with Gasteiger partial charge in [0.2, 0.25) is 0 Å². The van der Waals surface area contributed by atoms with Crippen LogP contribution in [0.2, 0.25) is 0 Å². The van der Waals surface area contributed by atoms with Gasteiger partial charge in [-0.2, -0.15) is 0 Å². The molecule has 11 radical (unpaired) electrons. The van der Waals surface area contributed by atoms with Crippen molar-refractivity contribution < 1.29 is 381 Å². The molecule has 0 saturated heterocycles. The van der Waals surface area contributed by atoms with Crippen molar-refractivity contribution in [2.45, 2.75) is 0 Å². The fourth-order valence-corrected chi connectivity index (χ4v) is 0. The summed E-state index contributed by atoms with van der Waals surface area (Å²) in [5, 5.41) is 0. The van der Waals surface area contributed by atoms with Gasteiger partial charge < -0.3 is 7.43 Å². The summed E-state index contributed by atoms with van der Waals surface area (Å²) in [5.41, 5.74) is 0. The molecule has 0 nitrogen and oxygen atoms in total. The quantitative estimate of drug-likeness (QED) is 0.230. The van der Waals surface area contributed by atoms with Gasteiger partial charge in [-0.1, -0.05) is 13.5 Å². The van der Waals surface area contributed by atoms with E-state index in [1.165, 1.54) is 0 Å². The summed E-state index contributed by atoms with van der Waals surface area (Å²) < 4.78 is 0. The number of rotatable bonds is 0. The van der Waals surface area contributed by atoms with Crippen LogP contribution in [0.5, 0.6) is 0 Å². The molecule has 0 saturated carbocycles. The van der Waals surface area contributed by atoms with E-state index >= 15 is 0 Å². The second-order valence-electron chi connectivity index (χ2n) is 0. The van der Waals surface area contributed by atoms with E-state index in [1.54, 1.807) is 0 Å². The first-order valence-electron chi connectivity index (χ1n) is 0. The smallest absolute Gasteiger partial charge is 0 e. The van der Waals surface area contributed by atoms with Crippen molar-refractivity contribution in [2.75, 3.05) is 0 Å². The van der Waals surface area contributed by atoms with Crippen molar-refractivity contribution in [3.63, 3.8) is 0 Å². The molecule has 55 valence electrons. The van der Waals surface area contributed by atoms with Gasteiger partial charge in [0.1, 0.15) is 0 Å². The third kappa shape index (κ3) is 84.7. The molecule has 0 fully saturated rings. The third-order valence-corrected chi connectivity index (χ3v) is 0. The zero-order valence-electron chi connectivity index (χ0n) is 8.34. The van der Waals surface area contributed by atoms with Crippen LogP contribution in [-0.2, 0) is 394 Å². The molecule has 0 spiro atoms. The summed E-state index contributed by atoms with van der Waals surface area (Å²) in [6.07, 6.45) is 0. The van der Waals surface area contributed by atoms with Crippen molar-refractivity contribution in [1.29, 1.82) is 0 Å². The fourth-order valence-electron chi connectivity index (χ4n) is 0. The van der Waals surface area contributed by atoms with Crippen molar-refractivity contribution in [3.8, 4) is 0 Å². The molecule has 13 heteroatoms. The molecule has 0 amide bonds. The molecule has 0 aliphatic carbocycles. The van der Waals surface area contributed by atoms with Crippen LogP contribution < -0.4 is 0 Å². The van der Waals surface area contributed by atoms with Crippen LogP contribution in [0, 0.1) is 7.43 Å². The van der Waals surface area contributed by atoms with E-state index in [-0.39, 0.29) is 402 Å². The number of hydrogen-bond donors (Lipinski definition) is 0. The van der Waals surface area contributed by atoms with Gasteiger partial charge in [0, 0.05) is 381 Å². The van der Waals surface area contributed by atoms with E-state index in [9.17, 15) is 0 Å². The van der Waals surface area contributed by atoms with Crippen molar-refractivity contribution in [1.82, 2.24) is 0 Å². The Bertz CT molecular complexity index is 15.2. The summed E-state index contributed by atoms with van der Waals surface area (Å²) in [6, 6.07) is 0. The zero-order chi connectivity index (χ0) is 0. The Hall–Kier alpha value is 13.2. The maximum absolute atomic E-state index is 0. The molecule has 0 unspecified atom stereocenters. The van der Waals surface area contributed by atoms with Crippen molar-refractivity contribution in [2.24, 2.45) is 0 Å². The topological polar surface area (TPSA) is 0 Å². The Balaban J connectivity index is 0. The second kappa shape index (κ2) is 95.6. The largest absolute Gasteiger partial charge is 0.358 e. The van der Waals surface area contributed by atoms with E-state index < -0.39 is 0 Å². The van der Waals surface area contributed by atoms with Gasteiger partial charge in [-0.3, -0.25) is 0 Å². The Kier molecular flexibility index (Phi) is 732. The fraction of sp³-hybridized carbons (Fsp3) is 0. The molecule has 14 heavy (non-hydrogen) atoms. The standard InChI is InChI=1S/CH3.H2S.W.11Y/h1H3;1H2;;;;;;;;;;;;/q-1;;;;;;;;;;;;;/p+1. The SMILES string of the molecule is [CH3-].[SH3+].[W].[Y].[Y].[Y].[Y].[Y].[Y].[Y].[Y].[Y].[Y].[Y]. The minimum atomic E-state index is 0. The monoisotopic (exact) mass is 1210 g/mol. The molecule has 0 heterocycles. The first-order valence-corrected chi connectivity index (χ1v) is 0. The predicted molar refractivity (Wildman–Crippen MR) is 18.0 cm³/mol. The van der Waals surface area contributed by atoms with Crippen LogP contribution in [0.3, 0.4) is 0 Å². The van der Waals surface area contributed by atoms with Crippen LogP contribution >= 0.6 is 0 Å². The average Bonchev–Trinajstić information content (AvgIpc) is 0. The molecule has 0 bridgehead atoms. The van der Waals surface area contributed by atoms with Crippen LogP contribution in [-0.4, -0.2) is 0 Å². The molecule has 0 atom stereocenters. The molecule has 0 aliphatic heterocycles. The Morgan fingerprint density at radius 3 is 0.286 bits per heavy atom. The molecule has 0 aliphatic rings. The molecular formula is CH6SWY11. The van der Waals surface area contributed by atoms with Crippen LogP contribution in [0.4, 0.5) is 0 Å². The van der Waals surface area contributed by atoms with E-state index in [1.807, 2.05) is 0 Å². The summed E-state index contributed by atoms with van der Waals surface area (Å²) in [5.74, 6) is 0. The van der Waals surface area contributed by atoms with Gasteiger partial charge >= 0.3 is 0 Å². The minimum Gasteiger partial charge on any atom is -0.358 e. The van der Waals surface area contributed by atoms with E-state index in [0.717, 1.165) is 0 Å². The predicted octanol–water partition coefficient (Wildman–Crippen LogP) is -0.385. The molecule has 0 rings (SSSR count). The Morgan fingerprint density at radius 1 is 0.286 bits per heavy atom. The van der Waals surface area contributed by atoms with E-state index in [2.05, 4.69) is 0 Å². The molecule has 0 aromatic heterocycles. The number of hydrogen-bond acceptors (Lipinski definition) is 0. The maximum Gasteiger partial charge on any atom is 0 e. The molecular weight excluding hydrogens is 1210 g/mol. The van der Waals surface area contributed by atoms with Crippen molar-refractivity contribution >= 4 is 13.5 Å².